The smallest absolute Gasteiger partial charge is 0.0802 e. The zero-order chi connectivity index (χ0) is 27.1. The summed E-state index contributed by atoms with van der Waals surface area (Å²) in [6.07, 6.45) is 3.76. The predicted octanol–water partition coefficient (Wildman–Crippen LogP) is 10.4. The molecule has 3 nitrogen and oxygen atoms in total. The van der Waals surface area contributed by atoms with Crippen LogP contribution in [-0.2, 0) is 0 Å². The molecule has 0 saturated carbocycles. The van der Waals surface area contributed by atoms with E-state index < -0.39 is 0 Å². The van der Waals surface area contributed by atoms with Crippen molar-refractivity contribution in [2.45, 2.75) is 0 Å². The third kappa shape index (κ3) is 4.51. The maximum Gasteiger partial charge on any atom is 0.0802 e. The first-order valence-corrected chi connectivity index (χ1v) is 14.5. The Morgan fingerprint density at radius 2 is 0.825 bits per heavy atom. The highest BCUT2D eigenvalue weighted by Gasteiger charge is 2.14. The zero-order valence-electron chi connectivity index (χ0n) is 21.2. The van der Waals surface area contributed by atoms with E-state index in [2.05, 4.69) is 147 Å². The van der Waals surface area contributed by atoms with Gasteiger partial charge in [-0.2, -0.15) is 0 Å². The first-order chi connectivity index (χ1) is 19.7. The molecule has 3 heterocycles. The molecule has 0 aliphatic rings. The van der Waals surface area contributed by atoms with Gasteiger partial charge < -0.3 is 0 Å². The average Bonchev–Trinajstić information content (AvgIpc) is 3.01. The maximum atomic E-state index is 5.15. The zero-order valence-corrected chi connectivity index (χ0v) is 24.4. The van der Waals surface area contributed by atoms with Crippen molar-refractivity contribution in [1.82, 2.24) is 15.0 Å². The highest BCUT2D eigenvalue weighted by atomic mass is 79.9. The molecule has 0 spiro atoms. The Morgan fingerprint density at radius 1 is 0.400 bits per heavy atom. The van der Waals surface area contributed by atoms with Gasteiger partial charge >= 0.3 is 0 Å². The lowest BCUT2D eigenvalue weighted by molar-refractivity contribution is 1.31. The molecular weight excluding hydrogens is 622 g/mol. The fourth-order valence-electron chi connectivity index (χ4n) is 5.26. The third-order valence-corrected chi connectivity index (χ3v) is 8.21. The minimum atomic E-state index is 0.879. The Bertz CT molecular complexity index is 1870. The summed E-state index contributed by atoms with van der Waals surface area (Å²) in [6.45, 7) is 0. The fraction of sp³-hybridized carbons (Fsp3) is 0. The van der Waals surface area contributed by atoms with Gasteiger partial charge in [0.2, 0.25) is 0 Å². The second kappa shape index (κ2) is 10.4. The second-order valence-corrected chi connectivity index (χ2v) is 11.4. The van der Waals surface area contributed by atoms with E-state index in [9.17, 15) is 0 Å². The van der Waals surface area contributed by atoms with Crippen molar-refractivity contribution < 1.29 is 0 Å². The monoisotopic (exact) mass is 641 g/mol. The predicted molar refractivity (Wildman–Crippen MR) is 172 cm³/mol. The van der Waals surface area contributed by atoms with E-state index in [0.29, 0.717) is 0 Å². The van der Waals surface area contributed by atoms with E-state index in [0.717, 1.165) is 75.5 Å². The average molecular weight is 643 g/mol. The van der Waals surface area contributed by atoms with E-state index in [-0.39, 0.29) is 0 Å². The summed E-state index contributed by atoms with van der Waals surface area (Å²) in [6, 6.07) is 39.7. The maximum absolute atomic E-state index is 5.15. The van der Waals surface area contributed by atoms with Crippen LogP contribution in [0.5, 0.6) is 0 Å². The number of hydrogen-bond acceptors (Lipinski definition) is 3. The van der Waals surface area contributed by atoms with E-state index in [1.807, 2.05) is 12.4 Å². The van der Waals surface area contributed by atoms with E-state index in [1.165, 1.54) is 0 Å². The van der Waals surface area contributed by atoms with Crippen LogP contribution in [0.25, 0.3) is 66.6 Å². The summed E-state index contributed by atoms with van der Waals surface area (Å²) in [4.78, 5) is 14.7. The van der Waals surface area contributed by atoms with Crippen LogP contribution in [0.15, 0.2) is 137 Å². The summed E-state index contributed by atoms with van der Waals surface area (Å²) in [5.74, 6) is 0. The highest BCUT2D eigenvalue weighted by Crippen LogP contribution is 2.36. The molecule has 0 atom stereocenters. The number of hydrogen-bond donors (Lipinski definition) is 0. The van der Waals surface area contributed by atoms with E-state index in [1.54, 1.807) is 0 Å². The van der Waals surface area contributed by atoms with Crippen LogP contribution in [0.4, 0.5) is 0 Å². The SMILES string of the molecule is Brc1ccc(-c2ccnc3c(-c4cccc(-c5cccc6c(-c7ccc(Br)cc7)ccnc56)n4)cccc23)cc1. The van der Waals surface area contributed by atoms with Gasteiger partial charge in [-0.05, 0) is 70.8 Å². The summed E-state index contributed by atoms with van der Waals surface area (Å²) < 4.78 is 2.12. The molecule has 0 bridgehead atoms. The molecule has 0 N–H and O–H groups in total. The molecule has 4 aromatic carbocycles. The van der Waals surface area contributed by atoms with Crippen molar-refractivity contribution >= 4 is 53.7 Å². The van der Waals surface area contributed by atoms with Gasteiger partial charge in [0.15, 0.2) is 0 Å². The summed E-state index contributed by atoms with van der Waals surface area (Å²) in [7, 11) is 0. The van der Waals surface area contributed by atoms with Crippen molar-refractivity contribution in [2.24, 2.45) is 0 Å². The Balaban J connectivity index is 1.36. The van der Waals surface area contributed by atoms with Crippen molar-refractivity contribution in [1.29, 1.82) is 0 Å². The Morgan fingerprint density at radius 3 is 1.27 bits per heavy atom. The van der Waals surface area contributed by atoms with Crippen molar-refractivity contribution in [3.8, 4) is 44.8 Å². The second-order valence-electron chi connectivity index (χ2n) is 9.54. The van der Waals surface area contributed by atoms with Crippen LogP contribution in [0.1, 0.15) is 0 Å². The van der Waals surface area contributed by atoms with Crippen LogP contribution in [0.2, 0.25) is 0 Å². The van der Waals surface area contributed by atoms with Gasteiger partial charge in [0.25, 0.3) is 0 Å². The van der Waals surface area contributed by atoms with Crippen LogP contribution in [0.3, 0.4) is 0 Å². The number of nitrogens with zero attached hydrogens (tertiary/aromatic N) is 3. The Kier molecular flexibility index (Phi) is 6.46. The number of pyridine rings is 3. The minimum absolute atomic E-state index is 0.879. The molecular formula is C35H21Br2N3. The Hall–Kier alpha value is -4.19. The lowest BCUT2D eigenvalue weighted by atomic mass is 9.97. The number of benzene rings is 4. The normalized spacial score (nSPS) is 11.2. The summed E-state index contributed by atoms with van der Waals surface area (Å²) in [5, 5.41) is 2.20. The van der Waals surface area contributed by atoms with Crippen LogP contribution in [-0.4, -0.2) is 15.0 Å². The molecule has 0 saturated heterocycles. The van der Waals surface area contributed by atoms with Gasteiger partial charge in [0.1, 0.15) is 0 Å². The first kappa shape index (κ1) is 24.8. The van der Waals surface area contributed by atoms with Crippen molar-refractivity contribution in [2.75, 3.05) is 0 Å². The highest BCUT2D eigenvalue weighted by molar-refractivity contribution is 9.10. The molecule has 7 aromatic rings. The van der Waals surface area contributed by atoms with E-state index >= 15 is 0 Å². The molecule has 5 heteroatoms. The molecule has 7 rings (SSSR count). The molecule has 0 aliphatic carbocycles. The van der Waals surface area contributed by atoms with Gasteiger partial charge in [0.05, 0.1) is 22.4 Å². The summed E-state index contributed by atoms with van der Waals surface area (Å²) in [5.41, 5.74) is 10.2. The first-order valence-electron chi connectivity index (χ1n) is 12.9. The molecule has 3 aromatic heterocycles. The lowest BCUT2D eigenvalue weighted by Crippen LogP contribution is -1.93. The molecule has 0 radical (unpaired) electrons. The molecule has 0 amide bonds. The van der Waals surface area contributed by atoms with Gasteiger partial charge in [-0.15, -0.1) is 0 Å². The molecule has 0 unspecified atom stereocenters. The number of aromatic nitrogens is 3. The third-order valence-electron chi connectivity index (χ3n) is 7.15. The van der Waals surface area contributed by atoms with Crippen LogP contribution >= 0.6 is 31.9 Å². The minimum Gasteiger partial charge on any atom is -0.256 e. The number of para-hydroxylation sites is 2. The largest absolute Gasteiger partial charge is 0.256 e. The van der Waals surface area contributed by atoms with Gasteiger partial charge in [-0.25, -0.2) is 4.98 Å². The fourth-order valence-corrected chi connectivity index (χ4v) is 5.79. The standard InChI is InChI=1S/C35H21Br2N3/c36-24-14-10-22(11-15-24)26-18-20-38-34-28(26)4-1-6-30(34)32-8-3-9-33(40-32)31-7-2-5-29-27(19-21-39-35(29)31)23-12-16-25(37)17-13-23/h1-21H. The van der Waals surface area contributed by atoms with Crippen LogP contribution < -0.4 is 0 Å². The number of rotatable bonds is 4. The topological polar surface area (TPSA) is 38.7 Å². The number of halogens is 2. The quantitative estimate of drug-likeness (QED) is 0.192. The van der Waals surface area contributed by atoms with Crippen LogP contribution in [0, 0.1) is 0 Å². The van der Waals surface area contributed by atoms with Gasteiger partial charge in [0, 0.05) is 43.2 Å². The van der Waals surface area contributed by atoms with E-state index in [4.69, 9.17) is 15.0 Å². The molecule has 0 aliphatic heterocycles. The summed E-state index contributed by atoms with van der Waals surface area (Å²) >= 11 is 7.08. The lowest BCUT2D eigenvalue weighted by Gasteiger charge is -2.12. The molecule has 190 valence electrons. The van der Waals surface area contributed by atoms with Crippen molar-refractivity contribution in [3.63, 3.8) is 0 Å². The molecule has 0 fully saturated rings. The molecule has 40 heavy (non-hydrogen) atoms. The van der Waals surface area contributed by atoms with Gasteiger partial charge in [-0.1, -0.05) is 98.6 Å². The van der Waals surface area contributed by atoms with Gasteiger partial charge in [-0.3, -0.25) is 9.97 Å². The van der Waals surface area contributed by atoms with Crippen molar-refractivity contribution in [3.05, 3.63) is 137 Å². The number of fused-ring (bicyclic) bond motifs is 2. The Labute approximate surface area is 248 Å².